The molecule has 1 aromatic heterocycles. The Balaban J connectivity index is 2.46. The van der Waals surface area contributed by atoms with Gasteiger partial charge in [0, 0.05) is 6.07 Å². The predicted molar refractivity (Wildman–Crippen MR) is 41.6 cm³/mol. The Morgan fingerprint density at radius 2 is 2.50 bits per heavy atom. The molecule has 4 nitrogen and oxygen atoms in total. The Morgan fingerprint density at radius 3 is 3.00 bits per heavy atom. The maximum Gasteiger partial charge on any atom is 0.311 e. The lowest BCUT2D eigenvalue weighted by molar-refractivity contribution is -0.142. The van der Waals surface area contributed by atoms with Gasteiger partial charge in [0.2, 0.25) is 0 Å². The number of hydrogen-bond acceptors (Lipinski definition) is 4. The van der Waals surface area contributed by atoms with E-state index in [-0.39, 0.29) is 12.4 Å². The average molecular weight is 169 g/mol. The van der Waals surface area contributed by atoms with E-state index in [2.05, 4.69) is 5.16 Å². The first-order valence-electron chi connectivity index (χ1n) is 3.80. The third-order valence-electron chi connectivity index (χ3n) is 1.31. The average Bonchev–Trinajstić information content (AvgIpc) is 2.36. The van der Waals surface area contributed by atoms with Crippen molar-refractivity contribution in [1.29, 1.82) is 0 Å². The Kier molecular flexibility index (Phi) is 2.85. The number of carbonyl (C=O) groups is 1. The fourth-order valence-electron chi connectivity index (χ4n) is 0.861. The maximum atomic E-state index is 10.9. The van der Waals surface area contributed by atoms with Crippen molar-refractivity contribution in [2.24, 2.45) is 0 Å². The van der Waals surface area contributed by atoms with E-state index in [0.29, 0.717) is 18.1 Å². The molecule has 12 heavy (non-hydrogen) atoms. The van der Waals surface area contributed by atoms with Gasteiger partial charge in [0.15, 0.2) is 0 Å². The van der Waals surface area contributed by atoms with Crippen LogP contribution in [0.1, 0.15) is 18.4 Å². The zero-order chi connectivity index (χ0) is 8.97. The first kappa shape index (κ1) is 8.77. The second-order valence-electron chi connectivity index (χ2n) is 2.41. The molecule has 1 heterocycles. The molecule has 0 bridgehead atoms. The van der Waals surface area contributed by atoms with E-state index >= 15 is 0 Å². The fourth-order valence-corrected chi connectivity index (χ4v) is 0.861. The van der Waals surface area contributed by atoms with Crippen LogP contribution in [0.25, 0.3) is 0 Å². The van der Waals surface area contributed by atoms with Crippen molar-refractivity contribution >= 4 is 5.97 Å². The van der Waals surface area contributed by atoms with Crippen LogP contribution in [0.3, 0.4) is 0 Å². The summed E-state index contributed by atoms with van der Waals surface area (Å²) in [6, 6.07) is 1.72. The minimum Gasteiger partial charge on any atom is -0.466 e. The molecule has 0 fully saturated rings. The lowest BCUT2D eigenvalue weighted by Gasteiger charge is -1.96. The van der Waals surface area contributed by atoms with Crippen LogP contribution in [0.5, 0.6) is 0 Å². The molecule has 0 saturated carbocycles. The Bertz CT molecular complexity index is 267. The summed E-state index contributed by atoms with van der Waals surface area (Å²) in [6.45, 7) is 3.95. The van der Waals surface area contributed by atoms with Gasteiger partial charge in [-0.1, -0.05) is 5.16 Å². The summed E-state index contributed by atoms with van der Waals surface area (Å²) in [7, 11) is 0. The second kappa shape index (κ2) is 3.90. The fraction of sp³-hybridized carbons (Fsp3) is 0.500. The van der Waals surface area contributed by atoms with Crippen molar-refractivity contribution in [3.05, 3.63) is 17.5 Å². The minimum atomic E-state index is -0.272. The number of rotatable bonds is 3. The molecule has 0 unspecified atom stereocenters. The molecule has 0 radical (unpaired) electrons. The summed E-state index contributed by atoms with van der Waals surface area (Å²) in [6.07, 6.45) is 0.186. The van der Waals surface area contributed by atoms with Crippen LogP contribution in [0.4, 0.5) is 0 Å². The highest BCUT2D eigenvalue weighted by molar-refractivity contribution is 5.71. The molecule has 0 aliphatic rings. The molecule has 0 amide bonds. The largest absolute Gasteiger partial charge is 0.466 e. The number of aromatic nitrogens is 1. The van der Waals surface area contributed by atoms with E-state index in [9.17, 15) is 4.79 Å². The van der Waals surface area contributed by atoms with Crippen LogP contribution >= 0.6 is 0 Å². The normalized spacial score (nSPS) is 9.83. The van der Waals surface area contributed by atoms with Gasteiger partial charge in [-0.2, -0.15) is 0 Å². The molecule has 0 atom stereocenters. The molecule has 0 aliphatic carbocycles. The van der Waals surface area contributed by atoms with Gasteiger partial charge in [0.05, 0.1) is 18.7 Å². The van der Waals surface area contributed by atoms with Gasteiger partial charge in [-0.05, 0) is 13.8 Å². The highest BCUT2D eigenvalue weighted by Gasteiger charge is 2.07. The van der Waals surface area contributed by atoms with Crippen molar-refractivity contribution in [2.45, 2.75) is 20.3 Å². The molecule has 0 N–H and O–H groups in total. The quantitative estimate of drug-likeness (QED) is 0.635. The van der Waals surface area contributed by atoms with E-state index in [1.165, 1.54) is 0 Å². The summed E-state index contributed by atoms with van der Waals surface area (Å²) in [5.41, 5.74) is 0.617. The summed E-state index contributed by atoms with van der Waals surface area (Å²) in [4.78, 5) is 10.9. The number of carbonyl (C=O) groups excluding carboxylic acids is 1. The summed E-state index contributed by atoms with van der Waals surface area (Å²) in [5.74, 6) is 0.431. The molecule has 0 saturated heterocycles. The van der Waals surface area contributed by atoms with Crippen molar-refractivity contribution in [2.75, 3.05) is 6.61 Å². The van der Waals surface area contributed by atoms with Crippen molar-refractivity contribution in [3.63, 3.8) is 0 Å². The van der Waals surface area contributed by atoms with Gasteiger partial charge in [0.1, 0.15) is 5.76 Å². The van der Waals surface area contributed by atoms with E-state index < -0.39 is 0 Å². The van der Waals surface area contributed by atoms with Crippen LogP contribution in [-0.2, 0) is 16.0 Å². The topological polar surface area (TPSA) is 52.3 Å². The maximum absolute atomic E-state index is 10.9. The molecule has 0 aromatic carbocycles. The van der Waals surface area contributed by atoms with Crippen LogP contribution in [0, 0.1) is 6.92 Å². The standard InChI is InChI=1S/C8H11NO3/c1-3-11-8(10)5-7-4-6(2)12-9-7/h4H,3,5H2,1-2H3. The predicted octanol–water partition coefficient (Wildman–Crippen LogP) is 1.09. The molecular weight excluding hydrogens is 158 g/mol. The number of nitrogens with zero attached hydrogens (tertiary/aromatic N) is 1. The molecule has 0 spiro atoms. The lowest BCUT2D eigenvalue weighted by Crippen LogP contribution is -2.07. The SMILES string of the molecule is CCOC(=O)Cc1cc(C)on1. The smallest absolute Gasteiger partial charge is 0.311 e. The highest BCUT2D eigenvalue weighted by Crippen LogP contribution is 2.02. The molecule has 1 aromatic rings. The molecule has 4 heteroatoms. The number of hydrogen-bond donors (Lipinski definition) is 0. The summed E-state index contributed by atoms with van der Waals surface area (Å²) in [5, 5.41) is 3.66. The third kappa shape index (κ3) is 2.38. The highest BCUT2D eigenvalue weighted by atomic mass is 16.5. The lowest BCUT2D eigenvalue weighted by atomic mass is 10.3. The molecular formula is C8H11NO3. The van der Waals surface area contributed by atoms with E-state index in [1.807, 2.05) is 0 Å². The van der Waals surface area contributed by atoms with Gasteiger partial charge in [-0.3, -0.25) is 4.79 Å². The van der Waals surface area contributed by atoms with Gasteiger partial charge in [-0.25, -0.2) is 0 Å². The van der Waals surface area contributed by atoms with Crippen molar-refractivity contribution in [1.82, 2.24) is 5.16 Å². The summed E-state index contributed by atoms with van der Waals surface area (Å²) < 4.78 is 9.52. The Hall–Kier alpha value is -1.32. The Morgan fingerprint density at radius 1 is 1.75 bits per heavy atom. The van der Waals surface area contributed by atoms with Crippen molar-refractivity contribution in [3.8, 4) is 0 Å². The van der Waals surface area contributed by atoms with Gasteiger partial charge in [0.25, 0.3) is 0 Å². The van der Waals surface area contributed by atoms with E-state index in [4.69, 9.17) is 9.26 Å². The zero-order valence-corrected chi connectivity index (χ0v) is 7.16. The number of ether oxygens (including phenoxy) is 1. The van der Waals surface area contributed by atoms with Gasteiger partial charge < -0.3 is 9.26 Å². The van der Waals surface area contributed by atoms with Crippen LogP contribution in [0.2, 0.25) is 0 Å². The molecule has 66 valence electrons. The first-order valence-corrected chi connectivity index (χ1v) is 3.80. The zero-order valence-electron chi connectivity index (χ0n) is 7.16. The van der Waals surface area contributed by atoms with Crippen LogP contribution in [-0.4, -0.2) is 17.7 Å². The van der Waals surface area contributed by atoms with Crippen LogP contribution < -0.4 is 0 Å². The molecule has 1 rings (SSSR count). The van der Waals surface area contributed by atoms with Gasteiger partial charge >= 0.3 is 5.97 Å². The first-order chi connectivity index (χ1) is 5.72. The van der Waals surface area contributed by atoms with Crippen molar-refractivity contribution < 1.29 is 14.1 Å². The third-order valence-corrected chi connectivity index (χ3v) is 1.31. The Labute approximate surface area is 70.5 Å². The minimum absolute atomic E-state index is 0.186. The number of esters is 1. The van der Waals surface area contributed by atoms with Crippen LogP contribution in [0.15, 0.2) is 10.6 Å². The van der Waals surface area contributed by atoms with E-state index in [0.717, 1.165) is 0 Å². The number of aryl methyl sites for hydroxylation is 1. The van der Waals surface area contributed by atoms with Gasteiger partial charge in [-0.15, -0.1) is 0 Å². The van der Waals surface area contributed by atoms with E-state index in [1.54, 1.807) is 19.9 Å². The molecule has 0 aliphatic heterocycles. The summed E-state index contributed by atoms with van der Waals surface area (Å²) >= 11 is 0. The second-order valence-corrected chi connectivity index (χ2v) is 2.41. The monoisotopic (exact) mass is 169 g/mol.